The van der Waals surface area contributed by atoms with Gasteiger partial charge in [-0.05, 0) is 30.5 Å². The molecule has 0 unspecified atom stereocenters. The van der Waals surface area contributed by atoms with E-state index in [2.05, 4.69) is 16.4 Å². The Morgan fingerprint density at radius 2 is 2.24 bits per heavy atom. The highest BCUT2D eigenvalue weighted by Crippen LogP contribution is 2.17. The number of pyridine rings is 1. The fourth-order valence-electron chi connectivity index (χ4n) is 1.56. The van der Waals surface area contributed by atoms with Crippen LogP contribution in [0.1, 0.15) is 16.3 Å². The third-order valence-corrected chi connectivity index (χ3v) is 3.34. The zero-order valence-electron chi connectivity index (χ0n) is 9.72. The minimum Gasteiger partial charge on any atom is -0.491 e. The molecular weight excluding hydrogens is 234 g/mol. The zero-order chi connectivity index (χ0) is 12.1. The van der Waals surface area contributed by atoms with E-state index in [0.29, 0.717) is 18.1 Å². The van der Waals surface area contributed by atoms with Gasteiger partial charge in [0.15, 0.2) is 0 Å². The molecule has 0 bridgehead atoms. The average molecular weight is 249 g/mol. The molecule has 4 heteroatoms. The number of ether oxygens (including phenoxy) is 1. The first kappa shape index (κ1) is 12.1. The van der Waals surface area contributed by atoms with Gasteiger partial charge in [-0.25, -0.2) is 0 Å². The first-order valence-corrected chi connectivity index (χ1v) is 6.40. The molecule has 0 saturated heterocycles. The van der Waals surface area contributed by atoms with Gasteiger partial charge in [-0.3, -0.25) is 4.98 Å². The summed E-state index contributed by atoms with van der Waals surface area (Å²) in [7, 11) is 0. The van der Waals surface area contributed by atoms with Crippen molar-refractivity contribution in [1.82, 2.24) is 4.98 Å². The molecule has 0 amide bonds. The Morgan fingerprint density at radius 1 is 1.35 bits per heavy atom. The Balaban J connectivity index is 1.94. The summed E-state index contributed by atoms with van der Waals surface area (Å²) in [4.78, 5) is 5.54. The van der Waals surface area contributed by atoms with Crippen molar-refractivity contribution in [3.05, 3.63) is 45.9 Å². The number of aliphatic hydroxyl groups is 1. The molecule has 0 fully saturated rings. The molecule has 0 atom stereocenters. The lowest BCUT2D eigenvalue weighted by Crippen LogP contribution is -2.04. The number of aliphatic hydroxyl groups excluding tert-OH is 1. The van der Waals surface area contributed by atoms with Crippen LogP contribution in [-0.2, 0) is 13.0 Å². The van der Waals surface area contributed by atoms with Gasteiger partial charge in [0, 0.05) is 17.0 Å². The number of hydrogen-bond acceptors (Lipinski definition) is 4. The lowest BCUT2D eigenvalue weighted by Gasteiger charge is -2.09. The van der Waals surface area contributed by atoms with Crippen molar-refractivity contribution in [2.24, 2.45) is 0 Å². The van der Waals surface area contributed by atoms with Crippen molar-refractivity contribution < 1.29 is 9.84 Å². The van der Waals surface area contributed by atoms with Gasteiger partial charge in [0.25, 0.3) is 0 Å². The van der Waals surface area contributed by atoms with Crippen LogP contribution in [0, 0.1) is 6.92 Å². The second-order valence-electron chi connectivity index (χ2n) is 3.73. The SMILES string of the molecule is Cc1ccc(OCCc2cccs2)c(CO)n1. The predicted octanol–water partition coefficient (Wildman–Crippen LogP) is 2.57. The molecule has 0 saturated carbocycles. The van der Waals surface area contributed by atoms with Gasteiger partial charge in [0.05, 0.1) is 13.2 Å². The van der Waals surface area contributed by atoms with Gasteiger partial charge in [-0.15, -0.1) is 11.3 Å². The summed E-state index contributed by atoms with van der Waals surface area (Å²) in [5.74, 6) is 0.676. The molecule has 17 heavy (non-hydrogen) atoms. The summed E-state index contributed by atoms with van der Waals surface area (Å²) in [6, 6.07) is 7.88. The fraction of sp³-hybridized carbons (Fsp3) is 0.308. The molecule has 0 radical (unpaired) electrons. The van der Waals surface area contributed by atoms with E-state index in [1.165, 1.54) is 4.88 Å². The van der Waals surface area contributed by atoms with Gasteiger partial charge < -0.3 is 9.84 Å². The van der Waals surface area contributed by atoms with E-state index in [9.17, 15) is 5.11 Å². The second kappa shape index (κ2) is 5.80. The standard InChI is InChI=1S/C13H15NO2S/c1-10-4-5-13(12(9-15)14-10)16-7-6-11-3-2-8-17-11/h2-5,8,15H,6-7,9H2,1H3. The molecule has 1 N–H and O–H groups in total. The van der Waals surface area contributed by atoms with Gasteiger partial charge in [-0.1, -0.05) is 6.07 Å². The topological polar surface area (TPSA) is 42.4 Å². The molecule has 2 heterocycles. The number of rotatable bonds is 5. The largest absolute Gasteiger partial charge is 0.491 e. The monoisotopic (exact) mass is 249 g/mol. The summed E-state index contributed by atoms with van der Waals surface area (Å²) >= 11 is 1.73. The van der Waals surface area contributed by atoms with Crippen molar-refractivity contribution in [1.29, 1.82) is 0 Å². The first-order valence-electron chi connectivity index (χ1n) is 5.52. The minimum absolute atomic E-state index is 0.0873. The molecule has 2 aromatic heterocycles. The number of aromatic nitrogens is 1. The number of nitrogens with zero attached hydrogens (tertiary/aromatic N) is 1. The minimum atomic E-state index is -0.0873. The highest BCUT2D eigenvalue weighted by Gasteiger charge is 2.04. The van der Waals surface area contributed by atoms with Crippen LogP contribution in [0.3, 0.4) is 0 Å². The summed E-state index contributed by atoms with van der Waals surface area (Å²) in [5.41, 5.74) is 1.50. The average Bonchev–Trinajstić information content (AvgIpc) is 2.84. The Hall–Kier alpha value is -1.39. The number of aryl methyl sites for hydroxylation is 1. The smallest absolute Gasteiger partial charge is 0.143 e. The molecule has 90 valence electrons. The molecule has 3 nitrogen and oxygen atoms in total. The van der Waals surface area contributed by atoms with Crippen LogP contribution < -0.4 is 4.74 Å². The molecule has 0 aliphatic heterocycles. The maximum absolute atomic E-state index is 9.19. The van der Waals surface area contributed by atoms with Crippen molar-refractivity contribution in [3.63, 3.8) is 0 Å². The Bertz CT molecular complexity index is 468. The van der Waals surface area contributed by atoms with Gasteiger partial charge in [0.1, 0.15) is 11.4 Å². The fourth-order valence-corrected chi connectivity index (χ4v) is 2.25. The van der Waals surface area contributed by atoms with E-state index in [4.69, 9.17) is 4.74 Å². The van der Waals surface area contributed by atoms with Gasteiger partial charge in [0.2, 0.25) is 0 Å². The maximum atomic E-state index is 9.19. The zero-order valence-corrected chi connectivity index (χ0v) is 10.5. The van der Waals surface area contributed by atoms with Crippen molar-refractivity contribution >= 4 is 11.3 Å². The Kier molecular flexibility index (Phi) is 4.12. The number of thiophene rings is 1. The van der Waals surface area contributed by atoms with Crippen LogP contribution >= 0.6 is 11.3 Å². The third-order valence-electron chi connectivity index (χ3n) is 2.41. The molecule has 0 spiro atoms. The molecular formula is C13H15NO2S. The molecule has 0 aliphatic rings. The van der Waals surface area contributed by atoms with Crippen LogP contribution in [0.15, 0.2) is 29.6 Å². The molecule has 2 aromatic rings. The van der Waals surface area contributed by atoms with E-state index in [1.807, 2.05) is 25.1 Å². The molecule has 0 aromatic carbocycles. The van der Waals surface area contributed by atoms with Crippen LogP contribution in [-0.4, -0.2) is 16.7 Å². The number of hydrogen-bond donors (Lipinski definition) is 1. The maximum Gasteiger partial charge on any atom is 0.143 e. The normalized spacial score (nSPS) is 10.5. The second-order valence-corrected chi connectivity index (χ2v) is 4.77. The van der Waals surface area contributed by atoms with Gasteiger partial charge in [-0.2, -0.15) is 0 Å². The van der Waals surface area contributed by atoms with Gasteiger partial charge >= 0.3 is 0 Å². The first-order chi connectivity index (χ1) is 8.29. The van der Waals surface area contributed by atoms with Crippen molar-refractivity contribution in [3.8, 4) is 5.75 Å². The Morgan fingerprint density at radius 3 is 2.94 bits per heavy atom. The summed E-state index contributed by atoms with van der Waals surface area (Å²) in [5, 5.41) is 11.2. The summed E-state index contributed by atoms with van der Waals surface area (Å²) < 4.78 is 5.64. The summed E-state index contributed by atoms with van der Waals surface area (Å²) in [6.45, 7) is 2.42. The van der Waals surface area contributed by atoms with E-state index in [1.54, 1.807) is 11.3 Å². The van der Waals surface area contributed by atoms with E-state index < -0.39 is 0 Å². The van der Waals surface area contributed by atoms with E-state index in [0.717, 1.165) is 12.1 Å². The van der Waals surface area contributed by atoms with E-state index >= 15 is 0 Å². The highest BCUT2D eigenvalue weighted by molar-refractivity contribution is 7.09. The van der Waals surface area contributed by atoms with E-state index in [-0.39, 0.29) is 6.61 Å². The third kappa shape index (κ3) is 3.28. The quantitative estimate of drug-likeness (QED) is 0.885. The predicted molar refractivity (Wildman–Crippen MR) is 68.4 cm³/mol. The lowest BCUT2D eigenvalue weighted by atomic mass is 10.3. The van der Waals surface area contributed by atoms with Crippen LogP contribution in [0.2, 0.25) is 0 Å². The molecule has 2 rings (SSSR count). The molecule has 0 aliphatic carbocycles. The highest BCUT2D eigenvalue weighted by atomic mass is 32.1. The van der Waals surface area contributed by atoms with Crippen LogP contribution in [0.25, 0.3) is 0 Å². The Labute approximate surface area is 105 Å². The lowest BCUT2D eigenvalue weighted by molar-refractivity contribution is 0.258. The summed E-state index contributed by atoms with van der Waals surface area (Å²) in [6.07, 6.45) is 0.885. The van der Waals surface area contributed by atoms with Crippen molar-refractivity contribution in [2.45, 2.75) is 20.0 Å². The van der Waals surface area contributed by atoms with Crippen LogP contribution in [0.5, 0.6) is 5.75 Å². The van der Waals surface area contributed by atoms with Crippen LogP contribution in [0.4, 0.5) is 0 Å². The van der Waals surface area contributed by atoms with Crippen molar-refractivity contribution in [2.75, 3.05) is 6.61 Å².